The maximum absolute atomic E-state index is 10.7. The largest absolute Gasteiger partial charge is 0.389 e. The topological polar surface area (TPSA) is 61.3 Å². The molecule has 2 atom stereocenters. The molecule has 1 aliphatic heterocycles. The Balaban J connectivity index is 1.80. The van der Waals surface area contributed by atoms with E-state index in [0.717, 1.165) is 49.8 Å². The number of piperidine rings is 1. The summed E-state index contributed by atoms with van der Waals surface area (Å²) < 4.78 is 0. The average Bonchev–Trinajstić information content (AvgIpc) is 2.45. The summed E-state index contributed by atoms with van der Waals surface area (Å²) in [6.07, 6.45) is 5.37. The fourth-order valence-corrected chi connectivity index (χ4v) is 3.62. The summed E-state index contributed by atoms with van der Waals surface area (Å²) in [6, 6.07) is 2.00. The molecule has 0 radical (unpaired) electrons. The normalized spacial score (nSPS) is 29.9. The van der Waals surface area contributed by atoms with E-state index in [0.29, 0.717) is 5.92 Å². The number of hydrogen-bond donors (Lipinski definition) is 2. The van der Waals surface area contributed by atoms with Crippen molar-refractivity contribution in [3.05, 3.63) is 11.9 Å². The third kappa shape index (κ3) is 2.46. The number of anilines is 2. The zero-order valence-corrected chi connectivity index (χ0v) is 12.4. The van der Waals surface area contributed by atoms with Crippen molar-refractivity contribution in [2.75, 3.05) is 30.4 Å². The van der Waals surface area contributed by atoms with E-state index in [2.05, 4.69) is 20.2 Å². The molecule has 2 aliphatic rings. The van der Waals surface area contributed by atoms with E-state index in [1.54, 1.807) is 0 Å². The van der Waals surface area contributed by atoms with Crippen LogP contribution in [0.1, 0.15) is 37.9 Å². The summed E-state index contributed by atoms with van der Waals surface area (Å²) in [4.78, 5) is 11.2. The molecule has 110 valence electrons. The minimum absolute atomic E-state index is 0.387. The molecule has 20 heavy (non-hydrogen) atoms. The van der Waals surface area contributed by atoms with Crippen molar-refractivity contribution >= 4 is 11.6 Å². The van der Waals surface area contributed by atoms with Gasteiger partial charge in [-0.15, -0.1) is 0 Å². The number of hydrogen-bond acceptors (Lipinski definition) is 5. The molecule has 2 unspecified atom stereocenters. The quantitative estimate of drug-likeness (QED) is 0.864. The summed E-state index contributed by atoms with van der Waals surface area (Å²) in [6.45, 7) is 3.72. The van der Waals surface area contributed by atoms with Crippen molar-refractivity contribution in [1.82, 2.24) is 9.97 Å². The van der Waals surface area contributed by atoms with Crippen LogP contribution in [0.15, 0.2) is 6.07 Å². The average molecular weight is 276 g/mol. The Morgan fingerprint density at radius 2 is 2.20 bits per heavy atom. The van der Waals surface area contributed by atoms with E-state index in [9.17, 15) is 5.11 Å². The maximum atomic E-state index is 10.7. The second-order valence-corrected chi connectivity index (χ2v) is 6.15. The highest BCUT2D eigenvalue weighted by Gasteiger charge is 2.43. The maximum Gasteiger partial charge on any atom is 0.134 e. The van der Waals surface area contributed by atoms with Crippen molar-refractivity contribution in [2.24, 2.45) is 5.92 Å². The van der Waals surface area contributed by atoms with Gasteiger partial charge >= 0.3 is 0 Å². The van der Waals surface area contributed by atoms with Crippen LogP contribution >= 0.6 is 0 Å². The number of nitrogens with zero attached hydrogens (tertiary/aromatic N) is 3. The molecule has 1 aliphatic carbocycles. The molecular weight excluding hydrogens is 252 g/mol. The molecule has 1 aromatic rings. The van der Waals surface area contributed by atoms with Gasteiger partial charge in [-0.25, -0.2) is 9.97 Å². The van der Waals surface area contributed by atoms with E-state index in [1.807, 2.05) is 20.0 Å². The third-order valence-corrected chi connectivity index (χ3v) is 4.83. The number of fused-ring (bicyclic) bond motifs is 1. The van der Waals surface area contributed by atoms with E-state index >= 15 is 0 Å². The smallest absolute Gasteiger partial charge is 0.134 e. The lowest BCUT2D eigenvalue weighted by Crippen LogP contribution is -2.53. The molecule has 2 N–H and O–H groups in total. The fourth-order valence-electron chi connectivity index (χ4n) is 3.62. The van der Waals surface area contributed by atoms with Gasteiger partial charge in [-0.3, -0.25) is 0 Å². The minimum atomic E-state index is -0.428. The summed E-state index contributed by atoms with van der Waals surface area (Å²) in [5, 5.41) is 13.8. The predicted octanol–water partition coefficient (Wildman–Crippen LogP) is 1.96. The van der Waals surface area contributed by atoms with Gasteiger partial charge in [0, 0.05) is 32.1 Å². The lowest BCUT2D eigenvalue weighted by molar-refractivity contribution is -0.0613. The molecule has 0 bridgehead atoms. The SMILES string of the molecule is CNc1cc(N2CCC3(O)CCCCC3C2)nc(C)n1. The molecule has 1 saturated heterocycles. The number of aliphatic hydroxyl groups is 1. The Morgan fingerprint density at radius 3 is 3.00 bits per heavy atom. The molecule has 3 rings (SSSR count). The predicted molar refractivity (Wildman–Crippen MR) is 80.1 cm³/mol. The van der Waals surface area contributed by atoms with Crippen LogP contribution in [-0.2, 0) is 0 Å². The Kier molecular flexibility index (Phi) is 3.54. The van der Waals surface area contributed by atoms with Crippen molar-refractivity contribution in [3.63, 3.8) is 0 Å². The standard InChI is InChI=1S/C15H24N4O/c1-11-17-13(16-2)9-14(18-11)19-8-7-15(20)6-4-3-5-12(15)10-19/h9,12,20H,3-8,10H2,1-2H3,(H,16,17,18). The number of aromatic nitrogens is 2. The van der Waals surface area contributed by atoms with Gasteiger partial charge in [0.1, 0.15) is 17.5 Å². The van der Waals surface area contributed by atoms with Gasteiger partial charge in [0.2, 0.25) is 0 Å². The van der Waals surface area contributed by atoms with Crippen LogP contribution in [-0.4, -0.2) is 40.8 Å². The molecule has 5 heteroatoms. The van der Waals surface area contributed by atoms with Gasteiger partial charge in [0.05, 0.1) is 5.60 Å². The summed E-state index contributed by atoms with van der Waals surface area (Å²) >= 11 is 0. The van der Waals surface area contributed by atoms with Crippen molar-refractivity contribution in [3.8, 4) is 0 Å². The zero-order chi connectivity index (χ0) is 14.2. The Labute approximate surface area is 120 Å². The van der Waals surface area contributed by atoms with E-state index in [-0.39, 0.29) is 0 Å². The van der Waals surface area contributed by atoms with Crippen LogP contribution in [0.5, 0.6) is 0 Å². The first-order valence-corrected chi connectivity index (χ1v) is 7.61. The second-order valence-electron chi connectivity index (χ2n) is 6.15. The Bertz CT molecular complexity index is 493. The number of rotatable bonds is 2. The molecule has 1 saturated carbocycles. The Hall–Kier alpha value is -1.36. The molecule has 2 fully saturated rings. The van der Waals surface area contributed by atoms with E-state index < -0.39 is 5.60 Å². The molecule has 5 nitrogen and oxygen atoms in total. The molecule has 0 spiro atoms. The fraction of sp³-hybridized carbons (Fsp3) is 0.733. The van der Waals surface area contributed by atoms with Crippen molar-refractivity contribution < 1.29 is 5.11 Å². The zero-order valence-electron chi connectivity index (χ0n) is 12.4. The summed E-state index contributed by atoms with van der Waals surface area (Å²) in [7, 11) is 1.88. The van der Waals surface area contributed by atoms with Crippen LogP contribution < -0.4 is 10.2 Å². The van der Waals surface area contributed by atoms with Crippen molar-refractivity contribution in [1.29, 1.82) is 0 Å². The first-order valence-electron chi connectivity index (χ1n) is 7.61. The van der Waals surface area contributed by atoms with Crippen LogP contribution in [0.25, 0.3) is 0 Å². The summed E-state index contributed by atoms with van der Waals surface area (Å²) in [5.74, 6) is 3.01. The van der Waals surface area contributed by atoms with E-state index in [1.165, 1.54) is 12.8 Å². The van der Waals surface area contributed by atoms with Crippen molar-refractivity contribution in [2.45, 2.75) is 44.6 Å². The summed E-state index contributed by atoms with van der Waals surface area (Å²) in [5.41, 5.74) is -0.428. The molecule has 0 amide bonds. The van der Waals surface area contributed by atoms with Gasteiger partial charge in [-0.2, -0.15) is 0 Å². The molecule has 1 aromatic heterocycles. The molecular formula is C15H24N4O. The first-order chi connectivity index (χ1) is 9.60. The van der Waals surface area contributed by atoms with Crippen LogP contribution in [0.2, 0.25) is 0 Å². The lowest BCUT2D eigenvalue weighted by Gasteiger charge is -2.47. The monoisotopic (exact) mass is 276 g/mol. The highest BCUT2D eigenvalue weighted by molar-refractivity contribution is 5.49. The highest BCUT2D eigenvalue weighted by atomic mass is 16.3. The lowest BCUT2D eigenvalue weighted by atomic mass is 9.71. The first kappa shape index (κ1) is 13.6. The van der Waals surface area contributed by atoms with E-state index in [4.69, 9.17) is 0 Å². The number of nitrogens with one attached hydrogen (secondary N) is 1. The second kappa shape index (κ2) is 5.20. The van der Waals surface area contributed by atoms with Gasteiger partial charge in [-0.05, 0) is 26.2 Å². The van der Waals surface area contributed by atoms with Gasteiger partial charge in [-0.1, -0.05) is 12.8 Å². The molecule has 0 aromatic carbocycles. The van der Waals surface area contributed by atoms with Gasteiger partial charge in [0.25, 0.3) is 0 Å². The minimum Gasteiger partial charge on any atom is -0.389 e. The van der Waals surface area contributed by atoms with Crippen LogP contribution in [0.4, 0.5) is 11.6 Å². The molecule has 2 heterocycles. The Morgan fingerprint density at radius 1 is 1.35 bits per heavy atom. The highest BCUT2D eigenvalue weighted by Crippen LogP contribution is 2.40. The van der Waals surface area contributed by atoms with Gasteiger partial charge in [0.15, 0.2) is 0 Å². The van der Waals surface area contributed by atoms with Crippen LogP contribution in [0.3, 0.4) is 0 Å². The third-order valence-electron chi connectivity index (χ3n) is 4.83. The number of aryl methyl sites for hydroxylation is 1. The van der Waals surface area contributed by atoms with Crippen LogP contribution in [0, 0.1) is 12.8 Å². The van der Waals surface area contributed by atoms with Gasteiger partial charge < -0.3 is 15.3 Å².